The average Bonchev–Trinajstić information content (AvgIpc) is 2.84. The van der Waals surface area contributed by atoms with Crippen LogP contribution in [0, 0.1) is 0 Å². The third-order valence-electron chi connectivity index (χ3n) is 3.30. The first-order valence-electron chi connectivity index (χ1n) is 6.50. The fraction of sp³-hybridized carbons (Fsp3) is 0.200. The van der Waals surface area contributed by atoms with Gasteiger partial charge in [-0.2, -0.15) is 0 Å². The molecule has 2 aromatic heterocycles. The molecule has 0 atom stereocenters. The molecule has 3 aromatic rings. The number of anilines is 1. The number of rotatable bonds is 4. The van der Waals surface area contributed by atoms with E-state index >= 15 is 0 Å². The number of hydrogen-bond acceptors (Lipinski definition) is 5. The van der Waals surface area contributed by atoms with Gasteiger partial charge < -0.3 is 19.8 Å². The summed E-state index contributed by atoms with van der Waals surface area (Å²) in [4.78, 5) is 8.23. The van der Waals surface area contributed by atoms with Gasteiger partial charge in [-0.3, -0.25) is 0 Å². The number of nitrogens with zero attached hydrogens (tertiary/aromatic N) is 3. The summed E-state index contributed by atoms with van der Waals surface area (Å²) in [6.07, 6.45) is 3.31. The number of benzene rings is 1. The molecule has 0 aliphatic rings. The van der Waals surface area contributed by atoms with Crippen LogP contribution in [0.15, 0.2) is 36.8 Å². The van der Waals surface area contributed by atoms with E-state index in [2.05, 4.69) is 9.97 Å². The van der Waals surface area contributed by atoms with E-state index in [4.69, 9.17) is 15.2 Å². The van der Waals surface area contributed by atoms with Crippen LogP contribution in [-0.2, 0) is 13.7 Å². The van der Waals surface area contributed by atoms with E-state index in [1.807, 2.05) is 42.1 Å². The van der Waals surface area contributed by atoms with Gasteiger partial charge in [-0.1, -0.05) is 12.1 Å². The highest BCUT2D eigenvalue weighted by atomic mass is 16.5. The molecule has 21 heavy (non-hydrogen) atoms. The Morgan fingerprint density at radius 3 is 2.67 bits per heavy atom. The van der Waals surface area contributed by atoms with E-state index < -0.39 is 0 Å². The van der Waals surface area contributed by atoms with E-state index in [0.717, 1.165) is 22.3 Å². The zero-order chi connectivity index (χ0) is 14.8. The minimum Gasteiger partial charge on any atom is -0.497 e. The van der Waals surface area contributed by atoms with Gasteiger partial charge in [0.15, 0.2) is 5.75 Å². The third kappa shape index (κ3) is 2.47. The van der Waals surface area contributed by atoms with Crippen LogP contribution in [0.2, 0.25) is 0 Å². The summed E-state index contributed by atoms with van der Waals surface area (Å²) >= 11 is 0. The molecule has 2 heterocycles. The van der Waals surface area contributed by atoms with Crippen LogP contribution in [0.1, 0.15) is 5.56 Å². The Morgan fingerprint density at radius 2 is 1.95 bits per heavy atom. The molecule has 0 unspecified atom stereocenters. The molecule has 2 N–H and O–H groups in total. The van der Waals surface area contributed by atoms with Gasteiger partial charge in [0.25, 0.3) is 0 Å². The van der Waals surface area contributed by atoms with Crippen LogP contribution in [0.5, 0.6) is 11.5 Å². The predicted molar refractivity (Wildman–Crippen MR) is 80.2 cm³/mol. The van der Waals surface area contributed by atoms with Crippen LogP contribution in [0.3, 0.4) is 0 Å². The molecule has 0 saturated heterocycles. The van der Waals surface area contributed by atoms with Gasteiger partial charge in [0, 0.05) is 13.2 Å². The Bertz CT molecular complexity index is 765. The first-order valence-corrected chi connectivity index (χ1v) is 6.50. The van der Waals surface area contributed by atoms with Gasteiger partial charge in [0.2, 0.25) is 0 Å². The molecule has 6 heteroatoms. The Hall–Kier alpha value is -2.76. The van der Waals surface area contributed by atoms with Crippen molar-refractivity contribution < 1.29 is 9.47 Å². The third-order valence-corrected chi connectivity index (χ3v) is 3.30. The molecule has 0 bridgehead atoms. The van der Waals surface area contributed by atoms with E-state index in [-0.39, 0.29) is 0 Å². The number of nitrogen functional groups attached to an aromatic ring is 1. The van der Waals surface area contributed by atoms with Crippen LogP contribution in [-0.4, -0.2) is 21.6 Å². The maximum Gasteiger partial charge on any atom is 0.150 e. The number of methoxy groups -OCH3 is 1. The second-order valence-corrected chi connectivity index (χ2v) is 4.70. The van der Waals surface area contributed by atoms with Gasteiger partial charge in [-0.25, -0.2) is 9.97 Å². The lowest BCUT2D eigenvalue weighted by Gasteiger charge is -2.06. The predicted octanol–water partition coefficient (Wildman–Crippen LogP) is 2.14. The smallest absolute Gasteiger partial charge is 0.150 e. The monoisotopic (exact) mass is 284 g/mol. The van der Waals surface area contributed by atoms with E-state index in [9.17, 15) is 0 Å². The summed E-state index contributed by atoms with van der Waals surface area (Å²) in [5.41, 5.74) is 7.72. The zero-order valence-corrected chi connectivity index (χ0v) is 11.9. The number of fused-ring (bicyclic) bond motifs is 1. The molecule has 6 nitrogen and oxygen atoms in total. The number of aromatic nitrogens is 3. The number of nitrogens with two attached hydrogens (primary N) is 1. The van der Waals surface area contributed by atoms with Crippen LogP contribution in [0.4, 0.5) is 5.82 Å². The molecule has 108 valence electrons. The van der Waals surface area contributed by atoms with Crippen molar-refractivity contribution in [2.45, 2.75) is 6.61 Å². The molecule has 0 radical (unpaired) electrons. The molecule has 1 aromatic carbocycles. The second kappa shape index (κ2) is 5.32. The van der Waals surface area contributed by atoms with Crippen LogP contribution >= 0.6 is 0 Å². The maximum absolute atomic E-state index is 5.92. The number of hydrogen-bond donors (Lipinski definition) is 1. The molecule has 3 rings (SSSR count). The lowest BCUT2D eigenvalue weighted by molar-refractivity contribution is 0.309. The van der Waals surface area contributed by atoms with Gasteiger partial charge in [-0.15, -0.1) is 0 Å². The van der Waals surface area contributed by atoms with Crippen molar-refractivity contribution in [3.63, 3.8) is 0 Å². The van der Waals surface area contributed by atoms with Crippen LogP contribution in [0.25, 0.3) is 11.0 Å². The number of aryl methyl sites for hydroxylation is 1. The molecule has 0 spiro atoms. The molecular weight excluding hydrogens is 268 g/mol. The Kier molecular flexibility index (Phi) is 3.35. The molecule has 0 saturated carbocycles. The van der Waals surface area contributed by atoms with Crippen molar-refractivity contribution in [2.24, 2.45) is 7.05 Å². The molecule has 0 fully saturated rings. The zero-order valence-electron chi connectivity index (χ0n) is 11.9. The Morgan fingerprint density at radius 1 is 1.19 bits per heavy atom. The normalized spacial score (nSPS) is 10.8. The lowest BCUT2D eigenvalue weighted by atomic mass is 10.2. The highest BCUT2D eigenvalue weighted by Gasteiger charge is 2.12. The highest BCUT2D eigenvalue weighted by molar-refractivity contribution is 5.92. The second-order valence-electron chi connectivity index (χ2n) is 4.70. The van der Waals surface area contributed by atoms with Crippen molar-refractivity contribution in [3.8, 4) is 11.5 Å². The number of ether oxygens (including phenoxy) is 2. The molecular formula is C15H16N4O2. The van der Waals surface area contributed by atoms with Gasteiger partial charge in [0.1, 0.15) is 35.5 Å². The summed E-state index contributed by atoms with van der Waals surface area (Å²) in [6, 6.07) is 7.73. The molecule has 0 aliphatic carbocycles. The first-order chi connectivity index (χ1) is 10.2. The van der Waals surface area contributed by atoms with Crippen molar-refractivity contribution in [2.75, 3.05) is 12.8 Å². The van der Waals surface area contributed by atoms with Crippen molar-refractivity contribution in [1.29, 1.82) is 0 Å². The molecule has 0 aliphatic heterocycles. The topological polar surface area (TPSA) is 75.2 Å². The van der Waals surface area contributed by atoms with Gasteiger partial charge in [0.05, 0.1) is 7.11 Å². The summed E-state index contributed by atoms with van der Waals surface area (Å²) in [5.74, 6) is 1.92. The van der Waals surface area contributed by atoms with Crippen molar-refractivity contribution in [3.05, 3.63) is 42.4 Å². The lowest BCUT2D eigenvalue weighted by Crippen LogP contribution is -1.97. The summed E-state index contributed by atoms with van der Waals surface area (Å²) < 4.78 is 12.9. The summed E-state index contributed by atoms with van der Waals surface area (Å²) in [6.45, 7) is 0.442. The van der Waals surface area contributed by atoms with E-state index in [1.165, 1.54) is 6.33 Å². The quantitative estimate of drug-likeness (QED) is 0.794. The fourth-order valence-electron chi connectivity index (χ4n) is 2.19. The Labute approximate surface area is 122 Å². The maximum atomic E-state index is 5.92. The summed E-state index contributed by atoms with van der Waals surface area (Å²) in [7, 11) is 3.54. The van der Waals surface area contributed by atoms with Gasteiger partial charge >= 0.3 is 0 Å². The largest absolute Gasteiger partial charge is 0.497 e. The molecule has 0 amide bonds. The van der Waals surface area contributed by atoms with Gasteiger partial charge in [-0.05, 0) is 17.7 Å². The van der Waals surface area contributed by atoms with Crippen molar-refractivity contribution in [1.82, 2.24) is 14.5 Å². The Balaban J connectivity index is 1.84. The average molecular weight is 284 g/mol. The van der Waals surface area contributed by atoms with Crippen LogP contribution < -0.4 is 15.2 Å². The first kappa shape index (κ1) is 13.2. The highest BCUT2D eigenvalue weighted by Crippen LogP contribution is 2.30. The summed E-state index contributed by atoms with van der Waals surface area (Å²) in [5, 5.41) is 0.744. The SMILES string of the molecule is COc1ccc(COc2cn(C)c3ncnc(N)c23)cc1. The van der Waals surface area contributed by atoms with E-state index in [0.29, 0.717) is 18.2 Å². The van der Waals surface area contributed by atoms with E-state index in [1.54, 1.807) is 7.11 Å². The minimum atomic E-state index is 0.422. The fourth-order valence-corrected chi connectivity index (χ4v) is 2.19. The standard InChI is InChI=1S/C15H16N4O2/c1-19-7-12(13-14(16)17-9-18-15(13)19)21-8-10-3-5-11(20-2)6-4-10/h3-7,9H,8H2,1-2H3,(H2,16,17,18). The minimum absolute atomic E-state index is 0.422. The van der Waals surface area contributed by atoms with Crippen molar-refractivity contribution >= 4 is 16.9 Å².